The van der Waals surface area contributed by atoms with Gasteiger partial charge >= 0.3 is 6.18 Å². The molecule has 1 aromatic carbocycles. The Kier molecular flexibility index (Phi) is 5.19. The minimum absolute atomic E-state index is 0. The van der Waals surface area contributed by atoms with Crippen LogP contribution >= 0.6 is 35.6 Å². The van der Waals surface area contributed by atoms with Crippen LogP contribution in [0, 0.1) is 0 Å². The second kappa shape index (κ2) is 5.31. The minimum atomic E-state index is -4.66. The molecule has 1 rings (SSSR count). The molecule has 8 heteroatoms. The number of alkyl halides is 3. The van der Waals surface area contributed by atoms with Gasteiger partial charge in [-0.05, 0) is 12.1 Å². The first-order chi connectivity index (χ1) is 6.73. The van der Waals surface area contributed by atoms with Crippen LogP contribution in [0.3, 0.4) is 0 Å². The quantitative estimate of drug-likeness (QED) is 0.830. The van der Waals surface area contributed by atoms with E-state index in [0.29, 0.717) is 0 Å². The lowest BCUT2D eigenvalue weighted by Crippen LogP contribution is -2.28. The summed E-state index contributed by atoms with van der Waals surface area (Å²) in [7, 11) is 0. The number of hydrogen-bond donors (Lipinski definition) is 2. The summed E-state index contributed by atoms with van der Waals surface area (Å²) in [5.41, 5.74) is 4.37. The van der Waals surface area contributed by atoms with E-state index in [2.05, 4.69) is 0 Å². The zero-order valence-corrected chi connectivity index (χ0v) is 9.88. The average Bonchev–Trinajstić information content (AvgIpc) is 2.08. The van der Waals surface area contributed by atoms with E-state index < -0.39 is 23.5 Å². The minimum Gasteiger partial charge on any atom is -0.506 e. The number of phenols is 1. The number of phenolic OH excluding ortho intramolecular Hbond substituents is 1. The highest BCUT2D eigenvalue weighted by atomic mass is 35.5. The van der Waals surface area contributed by atoms with Crippen molar-refractivity contribution in [2.45, 2.75) is 12.2 Å². The molecule has 0 spiro atoms. The predicted molar refractivity (Wildman–Crippen MR) is 58.4 cm³/mol. The molecule has 0 heterocycles. The topological polar surface area (TPSA) is 46.2 Å². The standard InChI is InChI=1S/C8H6Cl2F3NO.ClH/c9-3-1-4(6(15)5(10)2-3)7(14)8(11,12)13;/h1-2,7,15H,14H2;1H/t7-;/m1./s1. The zero-order chi connectivity index (χ0) is 11.8. The molecular weight excluding hydrogens is 289 g/mol. The van der Waals surface area contributed by atoms with Crippen LogP contribution < -0.4 is 5.73 Å². The Morgan fingerprint density at radius 3 is 2.19 bits per heavy atom. The third-order valence-corrected chi connectivity index (χ3v) is 2.25. The number of rotatable bonds is 1. The molecule has 0 saturated carbocycles. The number of nitrogens with two attached hydrogens (primary N) is 1. The molecule has 0 aliphatic rings. The lowest BCUT2D eigenvalue weighted by Gasteiger charge is -2.17. The highest BCUT2D eigenvalue weighted by molar-refractivity contribution is 6.35. The third kappa shape index (κ3) is 3.31. The third-order valence-electron chi connectivity index (χ3n) is 1.75. The number of aromatic hydroxyl groups is 1. The Hall–Kier alpha value is -0.360. The molecule has 0 amide bonds. The molecule has 0 radical (unpaired) electrons. The summed E-state index contributed by atoms with van der Waals surface area (Å²) in [4.78, 5) is 0. The van der Waals surface area contributed by atoms with Crippen molar-refractivity contribution in [1.29, 1.82) is 0 Å². The maximum absolute atomic E-state index is 12.3. The summed E-state index contributed by atoms with van der Waals surface area (Å²) in [5.74, 6) is -0.703. The van der Waals surface area contributed by atoms with Crippen molar-refractivity contribution in [3.8, 4) is 5.75 Å². The molecule has 92 valence electrons. The molecule has 0 unspecified atom stereocenters. The largest absolute Gasteiger partial charge is 0.506 e. The monoisotopic (exact) mass is 295 g/mol. The fourth-order valence-corrected chi connectivity index (χ4v) is 1.51. The Morgan fingerprint density at radius 1 is 1.25 bits per heavy atom. The van der Waals surface area contributed by atoms with E-state index in [4.69, 9.17) is 28.9 Å². The van der Waals surface area contributed by atoms with Crippen LogP contribution in [0.25, 0.3) is 0 Å². The molecule has 0 fully saturated rings. The van der Waals surface area contributed by atoms with Crippen LogP contribution in [0.1, 0.15) is 11.6 Å². The van der Waals surface area contributed by atoms with Gasteiger partial charge in [0.1, 0.15) is 11.8 Å². The highest BCUT2D eigenvalue weighted by Gasteiger charge is 2.39. The second-order valence-electron chi connectivity index (χ2n) is 2.84. The summed E-state index contributed by atoms with van der Waals surface area (Å²) in [6.45, 7) is 0. The Labute approximate surface area is 106 Å². The molecule has 0 aromatic heterocycles. The fourth-order valence-electron chi connectivity index (χ4n) is 0.999. The number of halogens is 6. The lowest BCUT2D eigenvalue weighted by molar-refractivity contribution is -0.149. The van der Waals surface area contributed by atoms with Crippen LogP contribution in [-0.2, 0) is 0 Å². The van der Waals surface area contributed by atoms with Crippen LogP contribution in [-0.4, -0.2) is 11.3 Å². The molecule has 2 nitrogen and oxygen atoms in total. The first-order valence-corrected chi connectivity index (χ1v) is 4.49. The summed E-state index contributed by atoms with van der Waals surface area (Å²) >= 11 is 11.0. The molecule has 1 atom stereocenters. The highest BCUT2D eigenvalue weighted by Crippen LogP contribution is 2.39. The van der Waals surface area contributed by atoms with Crippen molar-refractivity contribution >= 4 is 35.6 Å². The lowest BCUT2D eigenvalue weighted by atomic mass is 10.1. The fraction of sp³-hybridized carbons (Fsp3) is 0.250. The molecule has 0 bridgehead atoms. The van der Waals surface area contributed by atoms with Gasteiger partial charge in [-0.1, -0.05) is 23.2 Å². The van der Waals surface area contributed by atoms with Gasteiger partial charge in [0.25, 0.3) is 0 Å². The Morgan fingerprint density at radius 2 is 1.75 bits per heavy atom. The zero-order valence-electron chi connectivity index (χ0n) is 7.55. The van der Waals surface area contributed by atoms with Gasteiger partial charge in [-0.25, -0.2) is 0 Å². The van der Waals surface area contributed by atoms with Crippen molar-refractivity contribution in [3.63, 3.8) is 0 Å². The van der Waals surface area contributed by atoms with Gasteiger partial charge in [0.2, 0.25) is 0 Å². The molecule has 16 heavy (non-hydrogen) atoms. The van der Waals surface area contributed by atoms with Crippen molar-refractivity contribution in [2.24, 2.45) is 5.73 Å². The summed E-state index contributed by atoms with van der Waals surface area (Å²) in [5, 5.41) is 9.00. The van der Waals surface area contributed by atoms with E-state index in [1.807, 2.05) is 0 Å². The maximum Gasteiger partial charge on any atom is 0.407 e. The van der Waals surface area contributed by atoms with Gasteiger partial charge in [-0.15, -0.1) is 12.4 Å². The van der Waals surface area contributed by atoms with Crippen LogP contribution in [0.2, 0.25) is 10.0 Å². The van der Waals surface area contributed by atoms with Crippen molar-refractivity contribution < 1.29 is 18.3 Å². The van der Waals surface area contributed by atoms with Crippen LogP contribution in [0.5, 0.6) is 5.75 Å². The van der Waals surface area contributed by atoms with Gasteiger partial charge in [0.05, 0.1) is 5.02 Å². The molecule has 3 N–H and O–H groups in total. The van der Waals surface area contributed by atoms with E-state index in [1.165, 1.54) is 0 Å². The van der Waals surface area contributed by atoms with Gasteiger partial charge in [-0.2, -0.15) is 13.2 Å². The van der Waals surface area contributed by atoms with Crippen molar-refractivity contribution in [2.75, 3.05) is 0 Å². The van der Waals surface area contributed by atoms with E-state index in [1.54, 1.807) is 0 Å². The summed E-state index contributed by atoms with van der Waals surface area (Å²) in [6, 6.07) is -0.250. The molecule has 1 aromatic rings. The van der Waals surface area contributed by atoms with Crippen molar-refractivity contribution in [1.82, 2.24) is 0 Å². The number of benzene rings is 1. The Balaban J connectivity index is 0.00000225. The number of hydrogen-bond acceptors (Lipinski definition) is 2. The van der Waals surface area contributed by atoms with Crippen LogP contribution in [0.15, 0.2) is 12.1 Å². The molecule has 0 aliphatic carbocycles. The van der Waals surface area contributed by atoms with E-state index >= 15 is 0 Å². The van der Waals surface area contributed by atoms with Gasteiger partial charge in [-0.3, -0.25) is 0 Å². The van der Waals surface area contributed by atoms with E-state index in [0.717, 1.165) is 12.1 Å². The van der Waals surface area contributed by atoms with E-state index in [9.17, 15) is 18.3 Å². The molecular formula is C8H7Cl3F3NO. The average molecular weight is 297 g/mol. The normalized spacial score (nSPS) is 13.1. The van der Waals surface area contributed by atoms with Gasteiger partial charge in [0.15, 0.2) is 0 Å². The van der Waals surface area contributed by atoms with Crippen molar-refractivity contribution in [3.05, 3.63) is 27.7 Å². The molecule has 0 aliphatic heterocycles. The summed E-state index contributed by atoms with van der Waals surface area (Å²) < 4.78 is 36.8. The van der Waals surface area contributed by atoms with E-state index in [-0.39, 0.29) is 22.5 Å². The SMILES string of the molecule is Cl.N[C@H](c1cc(Cl)cc(Cl)c1O)C(F)(F)F. The maximum atomic E-state index is 12.3. The Bertz CT molecular complexity index is 384. The van der Waals surface area contributed by atoms with Gasteiger partial charge < -0.3 is 10.8 Å². The molecule has 0 saturated heterocycles. The predicted octanol–water partition coefficient (Wildman–Crippen LogP) is 3.68. The first kappa shape index (κ1) is 15.6. The second-order valence-corrected chi connectivity index (χ2v) is 3.69. The van der Waals surface area contributed by atoms with Gasteiger partial charge in [0, 0.05) is 10.6 Å². The first-order valence-electron chi connectivity index (χ1n) is 3.73. The smallest absolute Gasteiger partial charge is 0.407 e. The summed E-state index contributed by atoms with van der Waals surface area (Å²) in [6.07, 6.45) is -4.66. The van der Waals surface area contributed by atoms with Crippen LogP contribution in [0.4, 0.5) is 13.2 Å².